The van der Waals surface area contributed by atoms with Crippen LogP contribution in [0.3, 0.4) is 0 Å². The normalized spacial score (nSPS) is 10.7. The maximum atomic E-state index is 11.7. The number of hydrogen-bond donors (Lipinski definition) is 1. The lowest BCUT2D eigenvalue weighted by Crippen LogP contribution is -2.33. The fraction of sp³-hybridized carbons (Fsp3) is 0.643. The Balaban J connectivity index is 3.01. The van der Waals surface area contributed by atoms with Gasteiger partial charge in [-0.1, -0.05) is 20.8 Å². The third-order valence-electron chi connectivity index (χ3n) is 2.74. The molecule has 0 amide bonds. The summed E-state index contributed by atoms with van der Waals surface area (Å²) in [5, 5.41) is 0. The first-order valence-corrected chi connectivity index (χ1v) is 6.99. The molecule has 0 atom stereocenters. The molecule has 0 unspecified atom stereocenters. The van der Waals surface area contributed by atoms with Gasteiger partial charge in [0.2, 0.25) is 0 Å². The smallest absolute Gasteiger partial charge is 0.325 e. The number of esters is 1. The Morgan fingerprint density at radius 2 is 2.15 bits per heavy atom. The zero-order valence-corrected chi connectivity index (χ0v) is 12.6. The number of nitrogens with zero attached hydrogens (tertiary/aromatic N) is 2. The van der Waals surface area contributed by atoms with Crippen molar-refractivity contribution >= 4 is 11.8 Å². The molecule has 6 heteroatoms. The minimum atomic E-state index is -0.311. The van der Waals surface area contributed by atoms with Crippen molar-refractivity contribution in [2.75, 3.05) is 24.6 Å². The fourth-order valence-electron chi connectivity index (χ4n) is 1.81. The zero-order valence-electron chi connectivity index (χ0n) is 12.6. The molecule has 0 saturated carbocycles. The van der Waals surface area contributed by atoms with Crippen molar-refractivity contribution in [3.63, 3.8) is 0 Å². The Labute approximate surface area is 119 Å². The SMILES string of the molecule is CCCN(CC(=O)OCC)c1cc(=O)[nH]c(C(C)C)n1. The third-order valence-corrected chi connectivity index (χ3v) is 2.74. The van der Waals surface area contributed by atoms with Gasteiger partial charge in [-0.15, -0.1) is 0 Å². The van der Waals surface area contributed by atoms with Crippen LogP contribution >= 0.6 is 0 Å². The average Bonchev–Trinajstić information content (AvgIpc) is 2.37. The number of carbonyl (C=O) groups is 1. The van der Waals surface area contributed by atoms with Crippen LogP contribution in [0.4, 0.5) is 5.82 Å². The highest BCUT2D eigenvalue weighted by Crippen LogP contribution is 2.13. The molecular weight excluding hydrogens is 258 g/mol. The highest BCUT2D eigenvalue weighted by atomic mass is 16.5. The number of rotatable bonds is 7. The topological polar surface area (TPSA) is 75.3 Å². The fourth-order valence-corrected chi connectivity index (χ4v) is 1.81. The first-order chi connectivity index (χ1) is 9.47. The molecule has 6 nitrogen and oxygen atoms in total. The summed E-state index contributed by atoms with van der Waals surface area (Å²) in [5.41, 5.74) is -0.205. The summed E-state index contributed by atoms with van der Waals surface area (Å²) < 4.78 is 4.95. The number of ether oxygens (including phenoxy) is 1. The number of H-pyrrole nitrogens is 1. The standard InChI is InChI=1S/C14H23N3O3/c1-5-7-17(9-13(19)20-6-2)11-8-12(18)16-14(15-11)10(3)4/h8,10H,5-7,9H2,1-4H3,(H,15,16,18). The number of carbonyl (C=O) groups excluding carboxylic acids is 1. The molecule has 1 N–H and O–H groups in total. The van der Waals surface area contributed by atoms with Crippen molar-refractivity contribution in [2.45, 2.75) is 40.0 Å². The van der Waals surface area contributed by atoms with E-state index in [0.29, 0.717) is 24.8 Å². The van der Waals surface area contributed by atoms with Gasteiger partial charge in [-0.05, 0) is 13.3 Å². The molecule has 0 aliphatic carbocycles. The summed E-state index contributed by atoms with van der Waals surface area (Å²) in [5.74, 6) is 0.952. The molecule has 1 aromatic heterocycles. The molecule has 0 aromatic carbocycles. The maximum Gasteiger partial charge on any atom is 0.325 e. The second kappa shape index (κ2) is 7.67. The highest BCUT2D eigenvalue weighted by molar-refractivity contribution is 5.75. The van der Waals surface area contributed by atoms with E-state index in [-0.39, 0.29) is 24.0 Å². The van der Waals surface area contributed by atoms with Gasteiger partial charge in [0.25, 0.3) is 5.56 Å². The average molecular weight is 281 g/mol. The predicted octanol–water partition coefficient (Wildman–Crippen LogP) is 1.67. The summed E-state index contributed by atoms with van der Waals surface area (Å²) in [7, 11) is 0. The van der Waals surface area contributed by atoms with Gasteiger partial charge in [-0.2, -0.15) is 0 Å². The number of hydrogen-bond acceptors (Lipinski definition) is 5. The van der Waals surface area contributed by atoms with Crippen molar-refractivity contribution in [3.8, 4) is 0 Å². The molecule has 0 fully saturated rings. The van der Waals surface area contributed by atoms with Gasteiger partial charge in [0, 0.05) is 18.5 Å². The van der Waals surface area contributed by atoms with Gasteiger partial charge in [0.05, 0.1) is 6.61 Å². The van der Waals surface area contributed by atoms with E-state index in [2.05, 4.69) is 9.97 Å². The van der Waals surface area contributed by atoms with Gasteiger partial charge in [0.15, 0.2) is 0 Å². The molecule has 1 aromatic rings. The largest absolute Gasteiger partial charge is 0.465 e. The van der Waals surface area contributed by atoms with E-state index < -0.39 is 0 Å². The van der Waals surface area contributed by atoms with Crippen LogP contribution in [0.15, 0.2) is 10.9 Å². The van der Waals surface area contributed by atoms with E-state index in [4.69, 9.17) is 4.74 Å². The zero-order chi connectivity index (χ0) is 15.1. The summed E-state index contributed by atoms with van der Waals surface area (Å²) in [6.07, 6.45) is 0.852. The van der Waals surface area contributed by atoms with Crippen LogP contribution in [0.1, 0.15) is 45.9 Å². The van der Waals surface area contributed by atoms with E-state index >= 15 is 0 Å². The molecule has 0 aliphatic heterocycles. The van der Waals surface area contributed by atoms with Crippen LogP contribution < -0.4 is 10.5 Å². The van der Waals surface area contributed by atoms with Gasteiger partial charge in [-0.25, -0.2) is 4.98 Å². The molecule has 0 spiro atoms. The Hall–Kier alpha value is -1.85. The van der Waals surface area contributed by atoms with Crippen LogP contribution in [-0.2, 0) is 9.53 Å². The molecule has 0 bridgehead atoms. The lowest BCUT2D eigenvalue weighted by Gasteiger charge is -2.22. The number of aromatic amines is 1. The molecule has 112 valence electrons. The van der Waals surface area contributed by atoms with Crippen LogP contribution in [-0.4, -0.2) is 35.6 Å². The van der Waals surface area contributed by atoms with E-state index in [1.54, 1.807) is 11.8 Å². The number of nitrogens with one attached hydrogen (secondary N) is 1. The maximum absolute atomic E-state index is 11.7. The van der Waals surface area contributed by atoms with E-state index in [9.17, 15) is 9.59 Å². The van der Waals surface area contributed by atoms with Crippen molar-refractivity contribution in [2.24, 2.45) is 0 Å². The van der Waals surface area contributed by atoms with Gasteiger partial charge < -0.3 is 14.6 Å². The second-order valence-electron chi connectivity index (χ2n) is 4.87. The van der Waals surface area contributed by atoms with Crippen molar-refractivity contribution in [1.29, 1.82) is 0 Å². The lowest BCUT2D eigenvalue weighted by molar-refractivity contribution is -0.141. The van der Waals surface area contributed by atoms with E-state index in [0.717, 1.165) is 6.42 Å². The van der Waals surface area contributed by atoms with E-state index in [1.165, 1.54) is 6.07 Å². The van der Waals surface area contributed by atoms with Gasteiger partial charge >= 0.3 is 5.97 Å². The summed E-state index contributed by atoms with van der Waals surface area (Å²) >= 11 is 0. The Morgan fingerprint density at radius 3 is 2.70 bits per heavy atom. The Bertz CT molecular complexity index is 497. The number of anilines is 1. The van der Waals surface area contributed by atoms with Gasteiger partial charge in [-0.3, -0.25) is 9.59 Å². The monoisotopic (exact) mass is 281 g/mol. The van der Waals surface area contributed by atoms with E-state index in [1.807, 2.05) is 20.8 Å². The summed E-state index contributed by atoms with van der Waals surface area (Å²) in [6, 6.07) is 1.42. The van der Waals surface area contributed by atoms with Crippen LogP contribution in [0, 0.1) is 0 Å². The lowest BCUT2D eigenvalue weighted by atomic mass is 10.2. The molecule has 1 rings (SSSR count). The van der Waals surface area contributed by atoms with Crippen LogP contribution in [0.25, 0.3) is 0 Å². The first-order valence-electron chi connectivity index (χ1n) is 6.99. The van der Waals surface area contributed by atoms with Crippen LogP contribution in [0.2, 0.25) is 0 Å². The van der Waals surface area contributed by atoms with Gasteiger partial charge in [0.1, 0.15) is 18.2 Å². The minimum Gasteiger partial charge on any atom is -0.465 e. The molecule has 0 aliphatic rings. The predicted molar refractivity (Wildman–Crippen MR) is 78.1 cm³/mol. The minimum absolute atomic E-state index is 0.107. The molecular formula is C14H23N3O3. The Kier molecular flexibility index (Phi) is 6.21. The summed E-state index contributed by atoms with van der Waals surface area (Å²) in [6.45, 7) is 8.79. The first kappa shape index (κ1) is 16.2. The third kappa shape index (κ3) is 4.68. The summed E-state index contributed by atoms with van der Waals surface area (Å²) in [4.78, 5) is 32.2. The second-order valence-corrected chi connectivity index (χ2v) is 4.87. The van der Waals surface area contributed by atoms with Crippen molar-refractivity contribution in [1.82, 2.24) is 9.97 Å². The Morgan fingerprint density at radius 1 is 1.45 bits per heavy atom. The molecule has 0 radical (unpaired) electrons. The van der Waals surface area contributed by atoms with Crippen molar-refractivity contribution < 1.29 is 9.53 Å². The highest BCUT2D eigenvalue weighted by Gasteiger charge is 2.15. The van der Waals surface area contributed by atoms with Crippen molar-refractivity contribution in [3.05, 3.63) is 22.2 Å². The quantitative estimate of drug-likeness (QED) is 0.769. The molecule has 20 heavy (non-hydrogen) atoms. The molecule has 0 saturated heterocycles. The number of aromatic nitrogens is 2. The molecule has 1 heterocycles. The van der Waals surface area contributed by atoms with Crippen LogP contribution in [0.5, 0.6) is 0 Å².